The Bertz CT molecular complexity index is 847. The van der Waals surface area contributed by atoms with Crippen molar-refractivity contribution in [2.24, 2.45) is 0 Å². The summed E-state index contributed by atoms with van der Waals surface area (Å²) >= 11 is 5.48. The number of nitrogens with zero attached hydrogens (tertiary/aromatic N) is 5. The lowest BCUT2D eigenvalue weighted by atomic mass is 10.1. The van der Waals surface area contributed by atoms with Gasteiger partial charge < -0.3 is 9.84 Å². The molecule has 134 valence electrons. The second-order valence-corrected chi connectivity index (χ2v) is 6.65. The van der Waals surface area contributed by atoms with Gasteiger partial charge in [-0.15, -0.1) is 0 Å². The number of methoxy groups -OCH3 is 1. The van der Waals surface area contributed by atoms with Gasteiger partial charge in [0.2, 0.25) is 4.77 Å². The fourth-order valence-electron chi connectivity index (χ4n) is 2.97. The minimum atomic E-state index is -0.576. The molecule has 0 amide bonds. The van der Waals surface area contributed by atoms with Crippen molar-refractivity contribution >= 4 is 18.2 Å². The van der Waals surface area contributed by atoms with E-state index in [-0.39, 0.29) is 12.6 Å². The largest absolute Gasteiger partial charge is 0.468 e. The lowest BCUT2D eigenvalue weighted by molar-refractivity contribution is -0.146. The van der Waals surface area contributed by atoms with Gasteiger partial charge in [0.25, 0.3) is 0 Å². The van der Waals surface area contributed by atoms with Crippen LogP contribution in [0.1, 0.15) is 17.5 Å². The summed E-state index contributed by atoms with van der Waals surface area (Å²) in [6.45, 7) is 4.69. The first kappa shape index (κ1) is 17.7. The van der Waals surface area contributed by atoms with Crippen LogP contribution in [0, 0.1) is 18.6 Å². The maximum absolute atomic E-state index is 11.9. The van der Waals surface area contributed by atoms with Gasteiger partial charge in [-0.25, -0.2) is 4.68 Å². The molecule has 0 aliphatic carbocycles. The lowest BCUT2D eigenvalue weighted by Crippen LogP contribution is -2.38. The van der Waals surface area contributed by atoms with E-state index in [1.807, 2.05) is 32.0 Å². The van der Waals surface area contributed by atoms with Crippen LogP contribution in [0.3, 0.4) is 0 Å². The Balaban J connectivity index is 1.85. The van der Waals surface area contributed by atoms with Crippen LogP contribution < -0.4 is 0 Å². The number of aliphatic hydroxyl groups is 1. The molecule has 0 radical (unpaired) electrons. The first-order valence-corrected chi connectivity index (χ1v) is 8.42. The molecule has 1 aromatic heterocycles. The monoisotopic (exact) mass is 363 g/mol. The zero-order chi connectivity index (χ0) is 18.1. The quantitative estimate of drug-likeness (QED) is 0.640. The first-order valence-electron chi connectivity index (χ1n) is 8.01. The molecule has 2 heterocycles. The zero-order valence-corrected chi connectivity index (χ0v) is 15.2. The third-order valence-corrected chi connectivity index (χ3v) is 4.93. The Morgan fingerprint density at radius 3 is 2.80 bits per heavy atom. The van der Waals surface area contributed by atoms with Gasteiger partial charge in [0.05, 0.1) is 25.6 Å². The number of likely N-dealkylation sites (tertiary alicyclic amines) is 1. The SMILES string of the molecule is COC(=O)[C@@H]1C[C@@H](O)CN1Cn1nnn(-c2ccc(C)c(C)c2)c1=S. The number of esters is 1. The summed E-state index contributed by atoms with van der Waals surface area (Å²) in [4.78, 5) is 13.7. The van der Waals surface area contributed by atoms with Crippen molar-refractivity contribution in [3.8, 4) is 5.69 Å². The molecule has 1 saturated heterocycles. The normalized spacial score (nSPS) is 20.8. The van der Waals surface area contributed by atoms with Gasteiger partial charge in [-0.1, -0.05) is 6.07 Å². The number of ether oxygens (including phenoxy) is 1. The molecule has 1 aliphatic heterocycles. The van der Waals surface area contributed by atoms with Gasteiger partial charge >= 0.3 is 5.97 Å². The molecule has 2 atom stereocenters. The van der Waals surface area contributed by atoms with Crippen LogP contribution in [-0.2, 0) is 16.2 Å². The number of benzene rings is 1. The molecule has 0 unspecified atom stereocenters. The highest BCUT2D eigenvalue weighted by molar-refractivity contribution is 7.71. The summed E-state index contributed by atoms with van der Waals surface area (Å²) in [6.07, 6.45) is -0.237. The molecule has 0 spiro atoms. The standard InChI is InChI=1S/C16H21N5O3S/c1-10-4-5-12(6-11(10)2)21-16(25)20(17-18-21)9-19-8-13(22)7-14(19)15(23)24-3/h4-6,13-14,22H,7-9H2,1-3H3/t13-,14+/m1/s1. The van der Waals surface area contributed by atoms with E-state index >= 15 is 0 Å². The summed E-state index contributed by atoms with van der Waals surface area (Å²) in [5.74, 6) is -0.371. The van der Waals surface area contributed by atoms with Crippen LogP contribution in [-0.4, -0.2) is 61.6 Å². The second-order valence-electron chi connectivity index (χ2n) is 6.28. The maximum atomic E-state index is 11.9. The third kappa shape index (κ3) is 3.48. The highest BCUT2D eigenvalue weighted by Gasteiger charge is 2.37. The van der Waals surface area contributed by atoms with E-state index in [0.29, 0.717) is 17.7 Å². The molecule has 1 aliphatic rings. The van der Waals surface area contributed by atoms with Crippen LogP contribution in [0.5, 0.6) is 0 Å². The number of β-amino-alcohol motifs (C(OH)–C–C–N with tert-alkyl or cyclic N) is 1. The molecule has 2 aromatic rings. The molecule has 9 heteroatoms. The summed E-state index contributed by atoms with van der Waals surface area (Å²) in [5, 5.41) is 18.1. The van der Waals surface area contributed by atoms with Crippen molar-refractivity contribution < 1.29 is 14.6 Å². The van der Waals surface area contributed by atoms with Gasteiger partial charge in [-0.2, -0.15) is 4.68 Å². The fourth-order valence-corrected chi connectivity index (χ4v) is 3.21. The van der Waals surface area contributed by atoms with Gasteiger partial charge in [-0.05, 0) is 59.8 Å². The van der Waals surface area contributed by atoms with E-state index in [9.17, 15) is 9.90 Å². The predicted molar refractivity (Wildman–Crippen MR) is 92.8 cm³/mol. The summed E-state index contributed by atoms with van der Waals surface area (Å²) in [5.41, 5.74) is 3.17. The highest BCUT2D eigenvalue weighted by atomic mass is 32.1. The van der Waals surface area contributed by atoms with Crippen molar-refractivity contribution in [2.45, 2.75) is 39.1 Å². The molecular weight excluding hydrogens is 342 g/mol. The summed E-state index contributed by atoms with van der Waals surface area (Å²) in [7, 11) is 1.34. The smallest absolute Gasteiger partial charge is 0.323 e. The number of rotatable bonds is 4. The molecule has 1 aromatic carbocycles. The topological polar surface area (TPSA) is 85.4 Å². The van der Waals surface area contributed by atoms with Crippen LogP contribution in [0.15, 0.2) is 18.2 Å². The van der Waals surface area contributed by atoms with E-state index in [0.717, 1.165) is 11.3 Å². The number of aromatic nitrogens is 4. The van der Waals surface area contributed by atoms with Gasteiger partial charge in [0.15, 0.2) is 0 Å². The van der Waals surface area contributed by atoms with Crippen molar-refractivity contribution in [3.05, 3.63) is 34.1 Å². The van der Waals surface area contributed by atoms with E-state index in [4.69, 9.17) is 17.0 Å². The minimum Gasteiger partial charge on any atom is -0.468 e. The zero-order valence-electron chi connectivity index (χ0n) is 14.4. The molecule has 8 nitrogen and oxygen atoms in total. The van der Waals surface area contributed by atoms with Crippen LogP contribution in [0.2, 0.25) is 0 Å². The first-order chi connectivity index (χ1) is 11.9. The number of aryl methyl sites for hydroxylation is 2. The average Bonchev–Trinajstić information content (AvgIpc) is 3.13. The molecule has 3 rings (SSSR count). The van der Waals surface area contributed by atoms with Crippen LogP contribution >= 0.6 is 12.2 Å². The Hall–Kier alpha value is -2.10. The Labute approximate surface area is 150 Å². The lowest BCUT2D eigenvalue weighted by Gasteiger charge is -2.21. The van der Waals surface area contributed by atoms with E-state index in [1.54, 1.807) is 14.3 Å². The van der Waals surface area contributed by atoms with Crippen molar-refractivity contribution in [1.82, 2.24) is 24.7 Å². The molecule has 0 bridgehead atoms. The molecule has 25 heavy (non-hydrogen) atoms. The molecular formula is C16H21N5O3S. The predicted octanol–water partition coefficient (Wildman–Crippen LogP) is 0.981. The molecule has 1 N–H and O–H groups in total. The number of tetrazole rings is 1. The number of hydrogen-bond acceptors (Lipinski definition) is 7. The molecule has 1 fully saturated rings. The van der Waals surface area contributed by atoms with Gasteiger partial charge in [0, 0.05) is 13.0 Å². The Kier molecular flexibility index (Phi) is 4.98. The minimum absolute atomic E-state index is 0.264. The number of carbonyl (C=O) groups is 1. The van der Waals surface area contributed by atoms with Crippen molar-refractivity contribution in [2.75, 3.05) is 13.7 Å². The second kappa shape index (κ2) is 7.03. The third-order valence-electron chi connectivity index (χ3n) is 4.54. The van der Waals surface area contributed by atoms with Crippen LogP contribution in [0.4, 0.5) is 0 Å². The van der Waals surface area contributed by atoms with Crippen molar-refractivity contribution in [3.63, 3.8) is 0 Å². The summed E-state index contributed by atoms with van der Waals surface area (Å²) in [6, 6.07) is 5.44. The maximum Gasteiger partial charge on any atom is 0.323 e. The van der Waals surface area contributed by atoms with Gasteiger partial charge in [-0.3, -0.25) is 9.69 Å². The number of carbonyl (C=O) groups excluding carboxylic acids is 1. The Morgan fingerprint density at radius 2 is 2.12 bits per heavy atom. The average molecular weight is 363 g/mol. The van der Waals surface area contributed by atoms with E-state index in [1.165, 1.54) is 12.7 Å². The fraction of sp³-hybridized carbons (Fsp3) is 0.500. The van der Waals surface area contributed by atoms with Gasteiger partial charge in [0.1, 0.15) is 6.04 Å². The Morgan fingerprint density at radius 1 is 1.36 bits per heavy atom. The summed E-state index contributed by atoms with van der Waals surface area (Å²) < 4.78 is 8.36. The number of aliphatic hydroxyl groups excluding tert-OH is 1. The van der Waals surface area contributed by atoms with E-state index in [2.05, 4.69) is 10.4 Å². The molecule has 0 saturated carbocycles. The van der Waals surface area contributed by atoms with Crippen molar-refractivity contribution in [1.29, 1.82) is 0 Å². The number of hydrogen-bond donors (Lipinski definition) is 1. The highest BCUT2D eigenvalue weighted by Crippen LogP contribution is 2.20. The van der Waals surface area contributed by atoms with E-state index < -0.39 is 12.1 Å². The van der Waals surface area contributed by atoms with Crippen LogP contribution in [0.25, 0.3) is 5.69 Å².